The van der Waals surface area contributed by atoms with Gasteiger partial charge in [0, 0.05) is 5.56 Å². The molecule has 2 aromatic carbocycles. The second-order valence-electron chi connectivity index (χ2n) is 7.22. The van der Waals surface area contributed by atoms with E-state index in [2.05, 4.69) is 36.3 Å². The molecule has 1 heterocycles. The van der Waals surface area contributed by atoms with Gasteiger partial charge in [-0.15, -0.1) is 10.2 Å². The third-order valence-corrected chi connectivity index (χ3v) is 4.95. The number of anilines is 1. The topological polar surface area (TPSA) is 73.3 Å². The van der Waals surface area contributed by atoms with Gasteiger partial charge in [-0.2, -0.15) is 0 Å². The van der Waals surface area contributed by atoms with Gasteiger partial charge < -0.3 is 9.47 Å². The van der Waals surface area contributed by atoms with Gasteiger partial charge in [0.15, 0.2) is 6.61 Å². The zero-order valence-electron chi connectivity index (χ0n) is 16.4. The maximum atomic E-state index is 12.3. The maximum Gasteiger partial charge on any atom is 0.264 e. The fraction of sp³-hybridized carbons (Fsp3) is 0.286. The van der Waals surface area contributed by atoms with Gasteiger partial charge >= 0.3 is 0 Å². The van der Waals surface area contributed by atoms with E-state index in [9.17, 15) is 4.79 Å². The average molecular weight is 398 g/mol. The standard InChI is InChI=1S/C21H23N3O3S/c1-21(2,3)16-7-5-6-8-17(16)27-13-18(25)22-20-24-23-19(28-20)14-9-11-15(26-4)12-10-14/h5-12H,13H2,1-4H3,(H,22,24,25). The van der Waals surface area contributed by atoms with E-state index >= 15 is 0 Å². The van der Waals surface area contributed by atoms with Crippen LogP contribution in [0.3, 0.4) is 0 Å². The zero-order chi connectivity index (χ0) is 20.1. The SMILES string of the molecule is COc1ccc(-c2nnc(NC(=O)COc3ccccc3C(C)(C)C)s2)cc1. The number of benzene rings is 2. The molecule has 0 fully saturated rings. The Bertz CT molecular complexity index is 946. The van der Waals surface area contributed by atoms with E-state index in [1.165, 1.54) is 11.3 Å². The summed E-state index contributed by atoms with van der Waals surface area (Å²) >= 11 is 1.31. The maximum absolute atomic E-state index is 12.3. The van der Waals surface area contributed by atoms with Crippen LogP contribution in [0.2, 0.25) is 0 Å². The minimum absolute atomic E-state index is 0.0699. The molecule has 0 aliphatic carbocycles. The van der Waals surface area contributed by atoms with Crippen molar-refractivity contribution in [3.63, 3.8) is 0 Å². The molecule has 0 atom stereocenters. The van der Waals surface area contributed by atoms with Gasteiger partial charge in [0.05, 0.1) is 7.11 Å². The molecule has 146 valence electrons. The van der Waals surface area contributed by atoms with Gasteiger partial charge in [0.1, 0.15) is 16.5 Å². The molecule has 3 rings (SSSR count). The molecule has 0 radical (unpaired) electrons. The Morgan fingerprint density at radius 2 is 1.79 bits per heavy atom. The van der Waals surface area contributed by atoms with E-state index in [-0.39, 0.29) is 17.9 Å². The predicted molar refractivity (Wildman–Crippen MR) is 111 cm³/mol. The zero-order valence-corrected chi connectivity index (χ0v) is 17.2. The molecule has 1 aromatic heterocycles. The molecule has 0 unspecified atom stereocenters. The first-order chi connectivity index (χ1) is 13.4. The molecule has 0 saturated heterocycles. The highest BCUT2D eigenvalue weighted by molar-refractivity contribution is 7.18. The van der Waals surface area contributed by atoms with E-state index < -0.39 is 0 Å². The molecular weight excluding hydrogens is 374 g/mol. The summed E-state index contributed by atoms with van der Waals surface area (Å²) in [7, 11) is 1.62. The monoisotopic (exact) mass is 397 g/mol. The highest BCUT2D eigenvalue weighted by Gasteiger charge is 2.19. The summed E-state index contributed by atoms with van der Waals surface area (Å²) in [5.74, 6) is 1.21. The predicted octanol–water partition coefficient (Wildman–Crippen LogP) is 4.53. The Morgan fingerprint density at radius 3 is 2.46 bits per heavy atom. The number of nitrogens with one attached hydrogen (secondary N) is 1. The molecular formula is C21H23N3O3S. The van der Waals surface area contributed by atoms with Crippen molar-refractivity contribution < 1.29 is 14.3 Å². The number of nitrogens with zero attached hydrogens (tertiary/aromatic N) is 2. The lowest BCUT2D eigenvalue weighted by molar-refractivity contribution is -0.118. The fourth-order valence-corrected chi connectivity index (χ4v) is 3.40. The first-order valence-corrected chi connectivity index (χ1v) is 9.68. The molecule has 0 bridgehead atoms. The third-order valence-electron chi connectivity index (χ3n) is 4.06. The van der Waals surface area contributed by atoms with Crippen LogP contribution in [0.5, 0.6) is 11.5 Å². The third kappa shape index (κ3) is 4.86. The van der Waals surface area contributed by atoms with E-state index in [0.29, 0.717) is 10.9 Å². The molecule has 0 aliphatic heterocycles. The second-order valence-corrected chi connectivity index (χ2v) is 8.20. The van der Waals surface area contributed by atoms with E-state index in [0.717, 1.165) is 21.9 Å². The van der Waals surface area contributed by atoms with Crippen molar-refractivity contribution in [2.24, 2.45) is 0 Å². The first-order valence-electron chi connectivity index (χ1n) is 8.87. The molecule has 0 spiro atoms. The van der Waals surface area contributed by atoms with Crippen LogP contribution >= 0.6 is 11.3 Å². The highest BCUT2D eigenvalue weighted by Crippen LogP contribution is 2.31. The van der Waals surface area contributed by atoms with Crippen LogP contribution in [0.15, 0.2) is 48.5 Å². The molecule has 28 heavy (non-hydrogen) atoms. The largest absolute Gasteiger partial charge is 0.497 e. The van der Waals surface area contributed by atoms with Gasteiger partial charge in [-0.05, 0) is 41.3 Å². The van der Waals surface area contributed by atoms with Gasteiger partial charge in [-0.1, -0.05) is 50.3 Å². The summed E-state index contributed by atoms with van der Waals surface area (Å²) in [4.78, 5) is 12.3. The van der Waals surface area contributed by atoms with Gasteiger partial charge in [-0.3, -0.25) is 10.1 Å². The summed E-state index contributed by atoms with van der Waals surface area (Å²) in [6.07, 6.45) is 0. The van der Waals surface area contributed by atoms with E-state index in [4.69, 9.17) is 9.47 Å². The number of rotatable bonds is 6. The van der Waals surface area contributed by atoms with Crippen molar-refractivity contribution >= 4 is 22.4 Å². The average Bonchev–Trinajstić information content (AvgIpc) is 3.14. The Labute approximate surface area is 168 Å². The molecule has 6 nitrogen and oxygen atoms in total. The number of carbonyl (C=O) groups excluding carboxylic acids is 1. The second kappa shape index (κ2) is 8.39. The lowest BCUT2D eigenvalue weighted by Gasteiger charge is -2.22. The number of hydrogen-bond donors (Lipinski definition) is 1. The lowest BCUT2D eigenvalue weighted by atomic mass is 9.86. The first kappa shape index (κ1) is 19.8. The van der Waals surface area contributed by atoms with Crippen molar-refractivity contribution in [3.8, 4) is 22.1 Å². The van der Waals surface area contributed by atoms with E-state index in [1.54, 1.807) is 7.11 Å². The smallest absolute Gasteiger partial charge is 0.264 e. The summed E-state index contributed by atoms with van der Waals surface area (Å²) in [6.45, 7) is 6.23. The minimum Gasteiger partial charge on any atom is -0.497 e. The van der Waals surface area contributed by atoms with Gasteiger partial charge in [-0.25, -0.2) is 0 Å². The summed E-state index contributed by atoms with van der Waals surface area (Å²) in [5.41, 5.74) is 1.90. The van der Waals surface area contributed by atoms with Crippen LogP contribution in [-0.2, 0) is 10.2 Å². The van der Waals surface area contributed by atoms with Gasteiger partial charge in [0.2, 0.25) is 5.13 Å². The number of methoxy groups -OCH3 is 1. The fourth-order valence-electron chi connectivity index (χ4n) is 2.63. The van der Waals surface area contributed by atoms with Crippen LogP contribution in [0.25, 0.3) is 10.6 Å². The van der Waals surface area contributed by atoms with Crippen molar-refractivity contribution in [2.75, 3.05) is 19.0 Å². The lowest BCUT2D eigenvalue weighted by Crippen LogP contribution is -2.21. The van der Waals surface area contributed by atoms with Crippen molar-refractivity contribution in [1.82, 2.24) is 10.2 Å². The molecule has 1 amide bonds. The van der Waals surface area contributed by atoms with Crippen molar-refractivity contribution in [3.05, 3.63) is 54.1 Å². The van der Waals surface area contributed by atoms with Gasteiger partial charge in [0.25, 0.3) is 5.91 Å². The summed E-state index contributed by atoms with van der Waals surface area (Å²) in [5, 5.41) is 12.1. The normalized spacial score (nSPS) is 11.1. The highest BCUT2D eigenvalue weighted by atomic mass is 32.1. The van der Waals surface area contributed by atoms with Crippen LogP contribution in [0, 0.1) is 0 Å². The van der Waals surface area contributed by atoms with Crippen LogP contribution in [0.4, 0.5) is 5.13 Å². The quantitative estimate of drug-likeness (QED) is 0.662. The number of hydrogen-bond acceptors (Lipinski definition) is 6. The number of amides is 1. The molecule has 0 saturated carbocycles. The van der Waals surface area contributed by atoms with Crippen LogP contribution in [0.1, 0.15) is 26.3 Å². The molecule has 0 aliphatic rings. The summed E-state index contributed by atoms with van der Waals surface area (Å²) < 4.78 is 10.9. The number of carbonyl (C=O) groups is 1. The van der Waals surface area contributed by atoms with Crippen LogP contribution in [-0.4, -0.2) is 29.8 Å². The van der Waals surface area contributed by atoms with Crippen LogP contribution < -0.4 is 14.8 Å². The number of para-hydroxylation sites is 1. The molecule has 1 N–H and O–H groups in total. The number of aromatic nitrogens is 2. The molecule has 3 aromatic rings. The van der Waals surface area contributed by atoms with Crippen molar-refractivity contribution in [1.29, 1.82) is 0 Å². The molecule has 7 heteroatoms. The number of ether oxygens (including phenoxy) is 2. The van der Waals surface area contributed by atoms with E-state index in [1.807, 2.05) is 48.5 Å². The minimum atomic E-state index is -0.277. The Hall–Kier alpha value is -2.93. The van der Waals surface area contributed by atoms with Crippen molar-refractivity contribution in [2.45, 2.75) is 26.2 Å². The summed E-state index contributed by atoms with van der Waals surface area (Å²) in [6, 6.07) is 15.3. The Kier molecular flexibility index (Phi) is 5.94. The Balaban J connectivity index is 1.61. The Morgan fingerprint density at radius 1 is 1.07 bits per heavy atom.